The predicted molar refractivity (Wildman–Crippen MR) is 81.1 cm³/mol. The van der Waals surface area contributed by atoms with Crippen LogP contribution >= 0.6 is 0 Å². The predicted octanol–water partition coefficient (Wildman–Crippen LogP) is 3.81. The first kappa shape index (κ1) is 16.0. The molecule has 1 rings (SSSR count). The SMILES string of the molecule is CCCCCCC(C)N1CCCNC(CC)CC1. The van der Waals surface area contributed by atoms with Crippen molar-refractivity contribution in [2.45, 2.75) is 84.2 Å². The van der Waals surface area contributed by atoms with Gasteiger partial charge in [-0.15, -0.1) is 0 Å². The minimum atomic E-state index is 0.750. The second-order valence-corrected chi connectivity index (χ2v) is 5.94. The summed E-state index contributed by atoms with van der Waals surface area (Å²) in [6.07, 6.45) is 10.9. The van der Waals surface area contributed by atoms with Gasteiger partial charge in [-0.05, 0) is 52.2 Å². The van der Waals surface area contributed by atoms with Crippen molar-refractivity contribution in [2.24, 2.45) is 0 Å². The highest BCUT2D eigenvalue weighted by molar-refractivity contribution is 4.75. The van der Waals surface area contributed by atoms with Crippen LogP contribution in [0.25, 0.3) is 0 Å². The Labute approximate surface area is 115 Å². The third-order valence-electron chi connectivity index (χ3n) is 4.41. The lowest BCUT2D eigenvalue weighted by atomic mass is 10.0. The fourth-order valence-electron chi connectivity index (χ4n) is 2.96. The van der Waals surface area contributed by atoms with Gasteiger partial charge in [-0.3, -0.25) is 0 Å². The summed E-state index contributed by atoms with van der Waals surface area (Å²) in [6, 6.07) is 1.54. The first-order valence-corrected chi connectivity index (χ1v) is 8.25. The molecule has 1 fully saturated rings. The fourth-order valence-corrected chi connectivity index (χ4v) is 2.96. The van der Waals surface area contributed by atoms with E-state index in [4.69, 9.17) is 0 Å². The van der Waals surface area contributed by atoms with Gasteiger partial charge in [0.1, 0.15) is 0 Å². The molecule has 2 nitrogen and oxygen atoms in total. The van der Waals surface area contributed by atoms with Crippen LogP contribution in [-0.4, -0.2) is 36.6 Å². The molecule has 18 heavy (non-hydrogen) atoms. The third kappa shape index (κ3) is 6.19. The van der Waals surface area contributed by atoms with Crippen LogP contribution in [0.1, 0.15) is 72.1 Å². The highest BCUT2D eigenvalue weighted by atomic mass is 15.2. The van der Waals surface area contributed by atoms with E-state index in [1.807, 2.05) is 0 Å². The maximum atomic E-state index is 3.66. The molecular formula is C16H34N2. The Morgan fingerprint density at radius 3 is 2.72 bits per heavy atom. The number of unbranched alkanes of at least 4 members (excludes halogenated alkanes) is 3. The summed E-state index contributed by atoms with van der Waals surface area (Å²) in [5.41, 5.74) is 0. The van der Waals surface area contributed by atoms with Crippen LogP contribution in [0.3, 0.4) is 0 Å². The van der Waals surface area contributed by atoms with Crippen molar-refractivity contribution in [1.82, 2.24) is 10.2 Å². The molecule has 0 aromatic rings. The highest BCUT2D eigenvalue weighted by Gasteiger charge is 2.17. The lowest BCUT2D eigenvalue weighted by molar-refractivity contribution is 0.170. The van der Waals surface area contributed by atoms with Crippen LogP contribution in [0.5, 0.6) is 0 Å². The largest absolute Gasteiger partial charge is 0.314 e. The van der Waals surface area contributed by atoms with Crippen molar-refractivity contribution in [3.8, 4) is 0 Å². The smallest absolute Gasteiger partial charge is 0.00766 e. The molecule has 0 bridgehead atoms. The summed E-state index contributed by atoms with van der Waals surface area (Å²) in [5, 5.41) is 3.66. The first-order chi connectivity index (χ1) is 8.77. The number of nitrogens with zero attached hydrogens (tertiary/aromatic N) is 1. The third-order valence-corrected chi connectivity index (χ3v) is 4.41. The molecule has 0 saturated carbocycles. The molecule has 0 spiro atoms. The van der Waals surface area contributed by atoms with E-state index in [-0.39, 0.29) is 0 Å². The van der Waals surface area contributed by atoms with E-state index in [0.29, 0.717) is 0 Å². The van der Waals surface area contributed by atoms with Crippen molar-refractivity contribution in [3.05, 3.63) is 0 Å². The van der Waals surface area contributed by atoms with Crippen LogP contribution in [0.4, 0.5) is 0 Å². The van der Waals surface area contributed by atoms with E-state index in [1.54, 1.807) is 0 Å². The van der Waals surface area contributed by atoms with Crippen molar-refractivity contribution < 1.29 is 0 Å². The van der Waals surface area contributed by atoms with Gasteiger partial charge in [0.05, 0.1) is 0 Å². The molecule has 1 aliphatic heterocycles. The Bertz CT molecular complexity index is 194. The summed E-state index contributed by atoms with van der Waals surface area (Å²) < 4.78 is 0. The van der Waals surface area contributed by atoms with E-state index >= 15 is 0 Å². The molecule has 1 N–H and O–H groups in total. The molecule has 1 aliphatic rings. The second kappa shape index (κ2) is 9.80. The van der Waals surface area contributed by atoms with Gasteiger partial charge < -0.3 is 10.2 Å². The van der Waals surface area contributed by atoms with Gasteiger partial charge in [-0.1, -0.05) is 39.5 Å². The average Bonchev–Trinajstić information content (AvgIpc) is 2.35. The summed E-state index contributed by atoms with van der Waals surface area (Å²) in [6.45, 7) is 10.8. The van der Waals surface area contributed by atoms with E-state index < -0.39 is 0 Å². The summed E-state index contributed by atoms with van der Waals surface area (Å²) in [5.74, 6) is 0. The topological polar surface area (TPSA) is 15.3 Å². The Balaban J connectivity index is 2.24. The molecule has 0 radical (unpaired) electrons. The first-order valence-electron chi connectivity index (χ1n) is 8.25. The molecule has 0 amide bonds. The minimum Gasteiger partial charge on any atom is -0.314 e. The molecule has 0 aromatic heterocycles. The molecule has 1 saturated heterocycles. The summed E-state index contributed by atoms with van der Waals surface area (Å²) in [4.78, 5) is 2.73. The summed E-state index contributed by atoms with van der Waals surface area (Å²) in [7, 11) is 0. The zero-order chi connectivity index (χ0) is 13.2. The molecule has 0 aromatic carbocycles. The number of hydrogen-bond acceptors (Lipinski definition) is 2. The van der Waals surface area contributed by atoms with Crippen LogP contribution in [0.15, 0.2) is 0 Å². The maximum absolute atomic E-state index is 3.66. The second-order valence-electron chi connectivity index (χ2n) is 5.94. The molecule has 2 heteroatoms. The average molecular weight is 254 g/mol. The number of rotatable bonds is 7. The van der Waals surface area contributed by atoms with Gasteiger partial charge in [0, 0.05) is 12.1 Å². The zero-order valence-corrected chi connectivity index (χ0v) is 12.9. The van der Waals surface area contributed by atoms with Gasteiger partial charge in [0.25, 0.3) is 0 Å². The van der Waals surface area contributed by atoms with Gasteiger partial charge in [0.15, 0.2) is 0 Å². The normalized spacial score (nSPS) is 24.5. The number of nitrogens with one attached hydrogen (secondary N) is 1. The van der Waals surface area contributed by atoms with Crippen molar-refractivity contribution in [3.63, 3.8) is 0 Å². The molecule has 1 heterocycles. The van der Waals surface area contributed by atoms with E-state index in [0.717, 1.165) is 12.1 Å². The molecular weight excluding hydrogens is 220 g/mol. The van der Waals surface area contributed by atoms with Crippen LogP contribution in [0, 0.1) is 0 Å². The van der Waals surface area contributed by atoms with Crippen LogP contribution in [0.2, 0.25) is 0 Å². The Kier molecular flexibility index (Phi) is 8.70. The zero-order valence-electron chi connectivity index (χ0n) is 12.9. The molecule has 0 aliphatic carbocycles. The van der Waals surface area contributed by atoms with E-state index in [9.17, 15) is 0 Å². The highest BCUT2D eigenvalue weighted by Crippen LogP contribution is 2.14. The minimum absolute atomic E-state index is 0.750. The van der Waals surface area contributed by atoms with Crippen molar-refractivity contribution in [1.29, 1.82) is 0 Å². The fraction of sp³-hybridized carbons (Fsp3) is 1.00. The van der Waals surface area contributed by atoms with Crippen LogP contribution in [-0.2, 0) is 0 Å². The lowest BCUT2D eigenvalue weighted by Gasteiger charge is -2.33. The van der Waals surface area contributed by atoms with Gasteiger partial charge in [-0.25, -0.2) is 0 Å². The monoisotopic (exact) mass is 254 g/mol. The van der Waals surface area contributed by atoms with Gasteiger partial charge >= 0.3 is 0 Å². The molecule has 108 valence electrons. The molecule has 2 unspecified atom stereocenters. The maximum Gasteiger partial charge on any atom is 0.00766 e. The van der Waals surface area contributed by atoms with Gasteiger partial charge in [-0.2, -0.15) is 0 Å². The lowest BCUT2D eigenvalue weighted by Crippen LogP contribution is -2.43. The quantitative estimate of drug-likeness (QED) is 0.695. The number of hydrogen-bond donors (Lipinski definition) is 1. The van der Waals surface area contributed by atoms with E-state index in [1.165, 1.54) is 71.0 Å². The van der Waals surface area contributed by atoms with Crippen molar-refractivity contribution >= 4 is 0 Å². The Hall–Kier alpha value is -0.0800. The Morgan fingerprint density at radius 1 is 1.17 bits per heavy atom. The standard InChI is InChI=1S/C16H34N2/c1-4-6-7-8-10-15(3)18-13-9-12-17-16(5-2)11-14-18/h15-17H,4-14H2,1-3H3. The Morgan fingerprint density at radius 2 is 2.00 bits per heavy atom. The van der Waals surface area contributed by atoms with Gasteiger partial charge in [0.2, 0.25) is 0 Å². The van der Waals surface area contributed by atoms with E-state index in [2.05, 4.69) is 31.0 Å². The summed E-state index contributed by atoms with van der Waals surface area (Å²) >= 11 is 0. The van der Waals surface area contributed by atoms with Crippen LogP contribution < -0.4 is 5.32 Å². The van der Waals surface area contributed by atoms with Crippen molar-refractivity contribution in [2.75, 3.05) is 19.6 Å². The molecule has 2 atom stereocenters.